The quantitative estimate of drug-likeness (QED) is 0.477. The van der Waals surface area contributed by atoms with Gasteiger partial charge in [-0.15, -0.1) is 0 Å². The second-order valence-corrected chi connectivity index (χ2v) is 13.3. The minimum atomic E-state index is -1.96. The minimum absolute atomic E-state index is 0.0994. The van der Waals surface area contributed by atoms with Crippen LogP contribution in [0.5, 0.6) is 0 Å². The zero-order valence-corrected chi connectivity index (χ0v) is 15.7. The van der Waals surface area contributed by atoms with Crippen molar-refractivity contribution in [2.75, 3.05) is 19.5 Å². The molecule has 1 unspecified atom stereocenters. The Balaban J connectivity index is 3.97. The predicted octanol–water partition coefficient (Wildman–Crippen LogP) is 6.03. The summed E-state index contributed by atoms with van der Waals surface area (Å²) in [6.07, 6.45) is 3.63. The summed E-state index contributed by atoms with van der Waals surface area (Å²) in [4.78, 5) is 0. The van der Waals surface area contributed by atoms with E-state index in [1.54, 1.807) is 7.11 Å². The first-order chi connectivity index (χ1) is 8.54. The molecule has 0 radical (unpaired) electrons. The molecule has 0 aliphatic carbocycles. The molecule has 0 aromatic rings. The molecule has 0 aromatic carbocycles. The second kappa shape index (κ2) is 8.55. The Morgan fingerprint density at radius 3 is 2.05 bits per heavy atom. The van der Waals surface area contributed by atoms with Crippen molar-refractivity contribution in [2.24, 2.45) is 0 Å². The van der Waals surface area contributed by atoms with E-state index < -0.39 is 7.67 Å². The molecule has 0 fully saturated rings. The van der Waals surface area contributed by atoms with Gasteiger partial charge in [-0.25, -0.2) is 0 Å². The first-order valence-electron chi connectivity index (χ1n) is 6.62. The summed E-state index contributed by atoms with van der Waals surface area (Å²) in [6, 6.07) is 0. The van der Waals surface area contributed by atoms with Crippen molar-refractivity contribution >= 4 is 39.7 Å². The van der Waals surface area contributed by atoms with Crippen molar-refractivity contribution < 1.29 is 9.47 Å². The van der Waals surface area contributed by atoms with Crippen molar-refractivity contribution in [3.05, 3.63) is 0 Å². The molecule has 0 spiro atoms. The summed E-state index contributed by atoms with van der Waals surface area (Å²) in [5.74, 6) is 0.634. The van der Waals surface area contributed by atoms with Crippen LogP contribution in [0.3, 0.4) is 0 Å². The van der Waals surface area contributed by atoms with Gasteiger partial charge in [0.25, 0.3) is 0 Å². The third-order valence-electron chi connectivity index (χ3n) is 3.52. The number of rotatable bonds is 10. The molecule has 118 valence electrons. The van der Waals surface area contributed by atoms with Crippen LogP contribution >= 0.6 is 39.7 Å². The van der Waals surface area contributed by atoms with E-state index in [1.165, 1.54) is 0 Å². The molecule has 0 saturated heterocycles. The number of methoxy groups -OCH3 is 1. The SMILES string of the molecule is CCC(C)(CCOC(C)(C)CCCS(Cl)(Cl)Cl)OC. The molecule has 0 aromatic heterocycles. The van der Waals surface area contributed by atoms with Crippen molar-refractivity contribution in [2.45, 2.75) is 64.6 Å². The average Bonchev–Trinajstić information content (AvgIpc) is 2.26. The molecule has 0 saturated carbocycles. The van der Waals surface area contributed by atoms with Crippen LogP contribution in [0.15, 0.2) is 0 Å². The third kappa shape index (κ3) is 10.5. The van der Waals surface area contributed by atoms with Crippen LogP contribution in [0.25, 0.3) is 0 Å². The van der Waals surface area contributed by atoms with Gasteiger partial charge in [-0.2, -0.15) is 0 Å². The largest absolute Gasteiger partial charge is 0.378 e. The van der Waals surface area contributed by atoms with E-state index in [0.717, 1.165) is 25.7 Å². The highest BCUT2D eigenvalue weighted by atomic mass is 36.2. The molecule has 0 amide bonds. The average molecular weight is 354 g/mol. The van der Waals surface area contributed by atoms with E-state index in [-0.39, 0.29) is 11.2 Å². The lowest BCUT2D eigenvalue weighted by Gasteiger charge is -2.31. The Morgan fingerprint density at radius 1 is 1.05 bits per heavy atom. The summed E-state index contributed by atoms with van der Waals surface area (Å²) in [5, 5.41) is 0. The Bertz CT molecular complexity index is 251. The van der Waals surface area contributed by atoms with E-state index in [9.17, 15) is 0 Å². The number of halogens is 3. The summed E-state index contributed by atoms with van der Waals surface area (Å²) in [5.41, 5.74) is -0.282. The Kier molecular flexibility index (Phi) is 9.06. The fourth-order valence-corrected chi connectivity index (χ4v) is 3.15. The van der Waals surface area contributed by atoms with Crippen molar-refractivity contribution in [3.63, 3.8) is 0 Å². The monoisotopic (exact) mass is 352 g/mol. The summed E-state index contributed by atoms with van der Waals surface area (Å²) in [7, 11) is 17.3. The van der Waals surface area contributed by atoms with Gasteiger partial charge in [-0.1, -0.05) is 6.92 Å². The minimum Gasteiger partial charge on any atom is -0.378 e. The van der Waals surface area contributed by atoms with Crippen LogP contribution in [0.2, 0.25) is 0 Å². The van der Waals surface area contributed by atoms with E-state index in [1.807, 2.05) is 0 Å². The van der Waals surface area contributed by atoms with Crippen LogP contribution < -0.4 is 0 Å². The van der Waals surface area contributed by atoms with Crippen molar-refractivity contribution in [1.82, 2.24) is 0 Å². The van der Waals surface area contributed by atoms with E-state index >= 15 is 0 Å². The van der Waals surface area contributed by atoms with Gasteiger partial charge >= 0.3 is 0 Å². The van der Waals surface area contributed by atoms with E-state index in [0.29, 0.717) is 12.4 Å². The van der Waals surface area contributed by atoms with Gasteiger partial charge in [-0.05, 0) is 86.2 Å². The fraction of sp³-hybridized carbons (Fsp3) is 1.00. The number of ether oxygens (including phenoxy) is 2. The first kappa shape index (κ1) is 20.1. The van der Waals surface area contributed by atoms with E-state index in [4.69, 9.17) is 41.5 Å². The maximum Gasteiger partial charge on any atom is 0.0670 e. The molecular formula is C13H27Cl3O2S. The van der Waals surface area contributed by atoms with Gasteiger partial charge in [0.1, 0.15) is 0 Å². The van der Waals surface area contributed by atoms with Gasteiger partial charge in [0.15, 0.2) is 0 Å². The maximum atomic E-state index is 5.94. The molecule has 0 heterocycles. The van der Waals surface area contributed by atoms with Crippen LogP contribution in [0.1, 0.15) is 53.4 Å². The lowest BCUT2D eigenvalue weighted by molar-refractivity contribution is -0.0686. The van der Waals surface area contributed by atoms with Crippen LogP contribution in [0.4, 0.5) is 0 Å². The van der Waals surface area contributed by atoms with Gasteiger partial charge in [0.2, 0.25) is 0 Å². The maximum absolute atomic E-state index is 5.94. The summed E-state index contributed by atoms with van der Waals surface area (Å²) >= 11 is 0. The second-order valence-electron chi connectivity index (χ2n) is 5.68. The first-order valence-corrected chi connectivity index (χ1v) is 10.9. The van der Waals surface area contributed by atoms with Crippen molar-refractivity contribution in [3.8, 4) is 0 Å². The number of hydrogen-bond donors (Lipinski definition) is 0. The standard InChI is InChI=1S/C13H27Cl3O2S/c1-6-13(4,17-5)9-10-18-12(2,3)8-7-11-19(14,15)16/h6-11H2,1-5H3. The molecule has 0 bridgehead atoms. The Hall–Kier alpha value is 1.14. The molecule has 0 N–H and O–H groups in total. The normalized spacial score (nSPS) is 17.3. The molecule has 19 heavy (non-hydrogen) atoms. The van der Waals surface area contributed by atoms with Crippen LogP contribution in [-0.4, -0.2) is 30.7 Å². The molecule has 6 heteroatoms. The van der Waals surface area contributed by atoms with Gasteiger partial charge < -0.3 is 9.47 Å². The Labute approximate surface area is 133 Å². The topological polar surface area (TPSA) is 18.5 Å². The lowest BCUT2D eigenvalue weighted by atomic mass is 9.99. The highest BCUT2D eigenvalue weighted by Gasteiger charge is 2.24. The summed E-state index contributed by atoms with van der Waals surface area (Å²) in [6.45, 7) is 9.08. The Morgan fingerprint density at radius 2 is 1.63 bits per heavy atom. The molecule has 2 nitrogen and oxygen atoms in total. The zero-order valence-electron chi connectivity index (χ0n) is 12.6. The molecule has 0 aliphatic rings. The third-order valence-corrected chi connectivity index (χ3v) is 5.66. The molecule has 0 aliphatic heterocycles. The highest BCUT2D eigenvalue weighted by molar-refractivity contribution is 8.79. The number of hydrogen-bond acceptors (Lipinski definition) is 2. The fourth-order valence-electron chi connectivity index (χ4n) is 1.70. The van der Waals surface area contributed by atoms with E-state index in [2.05, 4.69) is 27.7 Å². The highest BCUT2D eigenvalue weighted by Crippen LogP contribution is 2.63. The molecule has 0 rings (SSSR count). The van der Waals surface area contributed by atoms with Gasteiger partial charge in [0, 0.05) is 12.9 Å². The van der Waals surface area contributed by atoms with Crippen molar-refractivity contribution in [1.29, 1.82) is 0 Å². The summed E-state index contributed by atoms with van der Waals surface area (Å²) < 4.78 is 11.4. The van der Waals surface area contributed by atoms with Crippen LogP contribution in [0, 0.1) is 0 Å². The van der Waals surface area contributed by atoms with Gasteiger partial charge in [-0.3, -0.25) is 0 Å². The molecular weight excluding hydrogens is 327 g/mol. The predicted molar refractivity (Wildman–Crippen MR) is 89.6 cm³/mol. The zero-order chi connectivity index (χ0) is 15.2. The van der Waals surface area contributed by atoms with Crippen LogP contribution in [-0.2, 0) is 9.47 Å². The molecule has 1 atom stereocenters. The van der Waals surface area contributed by atoms with Gasteiger partial charge in [0.05, 0.1) is 17.8 Å². The smallest absolute Gasteiger partial charge is 0.0670 e. The lowest BCUT2D eigenvalue weighted by Crippen LogP contribution is -2.32.